The maximum atomic E-state index is 11.9. The number of para-hydroxylation sites is 2. The van der Waals surface area contributed by atoms with Crippen molar-refractivity contribution < 1.29 is 14.3 Å². The number of likely N-dealkylation sites (N-methyl/N-ethyl adjacent to an activating group) is 1. The third kappa shape index (κ3) is 3.17. The number of hydrogen-bond donors (Lipinski definition) is 1. The first-order valence-electron chi connectivity index (χ1n) is 6.37. The zero-order chi connectivity index (χ0) is 13.9. The van der Waals surface area contributed by atoms with E-state index in [0.717, 1.165) is 12.8 Å². The molecule has 0 heterocycles. The Morgan fingerprint density at radius 2 is 2.00 bits per heavy atom. The lowest BCUT2D eigenvalue weighted by atomic mass is 10.2. The number of amides is 1. The molecule has 1 fully saturated rings. The Labute approximate surface area is 113 Å². The molecule has 0 aliphatic heterocycles. The summed E-state index contributed by atoms with van der Waals surface area (Å²) >= 11 is 0. The molecule has 5 nitrogen and oxygen atoms in total. The fraction of sp³-hybridized carbons (Fsp3) is 0.500. The summed E-state index contributed by atoms with van der Waals surface area (Å²) in [5.74, 6) is 1.37. The van der Waals surface area contributed by atoms with Crippen LogP contribution < -0.4 is 15.2 Å². The van der Waals surface area contributed by atoms with Crippen molar-refractivity contribution in [1.29, 1.82) is 0 Å². The van der Waals surface area contributed by atoms with E-state index in [0.29, 0.717) is 24.7 Å². The lowest BCUT2D eigenvalue weighted by Crippen LogP contribution is -2.45. The number of methoxy groups -OCH3 is 1. The Hall–Kier alpha value is -1.75. The Bertz CT molecular complexity index is 458. The van der Waals surface area contributed by atoms with Gasteiger partial charge in [0.15, 0.2) is 11.5 Å². The van der Waals surface area contributed by atoms with Gasteiger partial charge in [0, 0.05) is 7.05 Å². The zero-order valence-electron chi connectivity index (χ0n) is 11.4. The Morgan fingerprint density at radius 3 is 2.58 bits per heavy atom. The molecule has 1 saturated carbocycles. The van der Waals surface area contributed by atoms with E-state index >= 15 is 0 Å². The number of benzene rings is 1. The smallest absolute Gasteiger partial charge is 0.242 e. The van der Waals surface area contributed by atoms with E-state index in [4.69, 9.17) is 15.2 Å². The van der Waals surface area contributed by atoms with Crippen LogP contribution in [0, 0.1) is 0 Å². The maximum absolute atomic E-state index is 11.9. The number of carbonyl (C=O) groups is 1. The van der Waals surface area contributed by atoms with E-state index in [1.54, 1.807) is 19.1 Å². The predicted molar refractivity (Wildman–Crippen MR) is 72.3 cm³/mol. The molecular formula is C14H20N2O3. The van der Waals surface area contributed by atoms with Crippen LogP contribution in [0.2, 0.25) is 0 Å². The van der Waals surface area contributed by atoms with Crippen molar-refractivity contribution in [2.45, 2.75) is 18.4 Å². The van der Waals surface area contributed by atoms with Crippen LogP contribution in [0.5, 0.6) is 11.5 Å². The summed E-state index contributed by atoms with van der Waals surface area (Å²) in [7, 11) is 3.35. The van der Waals surface area contributed by atoms with Crippen LogP contribution in [-0.2, 0) is 4.79 Å². The molecule has 5 heteroatoms. The molecular weight excluding hydrogens is 244 g/mol. The molecule has 0 radical (unpaired) electrons. The van der Waals surface area contributed by atoms with Crippen molar-refractivity contribution >= 4 is 5.91 Å². The highest BCUT2D eigenvalue weighted by molar-refractivity contribution is 5.88. The predicted octanol–water partition coefficient (Wildman–Crippen LogP) is 1.02. The molecule has 1 aromatic rings. The van der Waals surface area contributed by atoms with Gasteiger partial charge in [-0.3, -0.25) is 4.79 Å². The van der Waals surface area contributed by atoms with Gasteiger partial charge in [-0.15, -0.1) is 0 Å². The quantitative estimate of drug-likeness (QED) is 0.833. The van der Waals surface area contributed by atoms with Gasteiger partial charge in [0.25, 0.3) is 0 Å². The molecule has 1 amide bonds. The van der Waals surface area contributed by atoms with Crippen molar-refractivity contribution in [1.82, 2.24) is 4.90 Å². The molecule has 0 aromatic heterocycles. The molecule has 2 N–H and O–H groups in total. The van der Waals surface area contributed by atoms with Crippen molar-refractivity contribution in [3.05, 3.63) is 24.3 Å². The van der Waals surface area contributed by atoms with E-state index in [2.05, 4.69) is 0 Å². The summed E-state index contributed by atoms with van der Waals surface area (Å²) in [6, 6.07) is 7.44. The molecule has 0 spiro atoms. The zero-order valence-corrected chi connectivity index (χ0v) is 11.4. The second kappa shape index (κ2) is 5.48. The summed E-state index contributed by atoms with van der Waals surface area (Å²) in [5, 5.41) is 0. The number of rotatable bonds is 6. The van der Waals surface area contributed by atoms with Crippen molar-refractivity contribution in [2.75, 3.05) is 27.3 Å². The first kappa shape index (κ1) is 13.7. The lowest BCUT2D eigenvalue weighted by Gasteiger charge is -2.21. The third-order valence-corrected chi connectivity index (χ3v) is 3.31. The highest BCUT2D eigenvalue weighted by Crippen LogP contribution is 2.33. The molecule has 2 rings (SSSR count). The molecule has 1 aromatic carbocycles. The average molecular weight is 264 g/mol. The largest absolute Gasteiger partial charge is 0.493 e. The van der Waals surface area contributed by atoms with Crippen LogP contribution >= 0.6 is 0 Å². The molecule has 0 saturated heterocycles. The van der Waals surface area contributed by atoms with Crippen LogP contribution in [0.15, 0.2) is 24.3 Å². The van der Waals surface area contributed by atoms with E-state index in [-0.39, 0.29) is 5.91 Å². The minimum Gasteiger partial charge on any atom is -0.493 e. The van der Waals surface area contributed by atoms with E-state index in [1.165, 1.54) is 0 Å². The third-order valence-electron chi connectivity index (χ3n) is 3.31. The van der Waals surface area contributed by atoms with Gasteiger partial charge >= 0.3 is 0 Å². The standard InChI is InChI=1S/C14H20N2O3/c1-16(13(17)14(15)7-8-14)9-10-19-12-6-4-3-5-11(12)18-2/h3-6H,7-10,15H2,1-2H3. The molecule has 0 unspecified atom stereocenters. The normalized spacial score (nSPS) is 15.7. The molecule has 1 aliphatic rings. The SMILES string of the molecule is COc1ccccc1OCCN(C)C(=O)C1(N)CC1. The van der Waals surface area contributed by atoms with Crippen LogP contribution in [0.1, 0.15) is 12.8 Å². The monoisotopic (exact) mass is 264 g/mol. The molecule has 1 aliphatic carbocycles. The van der Waals surface area contributed by atoms with Crippen molar-refractivity contribution in [2.24, 2.45) is 5.73 Å². The van der Waals surface area contributed by atoms with Crippen LogP contribution in [0.25, 0.3) is 0 Å². The van der Waals surface area contributed by atoms with Crippen molar-refractivity contribution in [3.63, 3.8) is 0 Å². The first-order valence-corrected chi connectivity index (χ1v) is 6.37. The summed E-state index contributed by atoms with van der Waals surface area (Å²) in [5.41, 5.74) is 5.26. The van der Waals surface area contributed by atoms with Gasteiger partial charge in [-0.2, -0.15) is 0 Å². The van der Waals surface area contributed by atoms with Crippen LogP contribution in [0.3, 0.4) is 0 Å². The fourth-order valence-corrected chi connectivity index (χ4v) is 1.86. The first-order chi connectivity index (χ1) is 9.07. The second-order valence-electron chi connectivity index (χ2n) is 4.88. The number of ether oxygens (including phenoxy) is 2. The van der Waals surface area contributed by atoms with E-state index < -0.39 is 5.54 Å². The highest BCUT2D eigenvalue weighted by Gasteiger charge is 2.47. The molecule has 0 bridgehead atoms. The summed E-state index contributed by atoms with van der Waals surface area (Å²) < 4.78 is 10.8. The van der Waals surface area contributed by atoms with Crippen molar-refractivity contribution in [3.8, 4) is 11.5 Å². The number of carbonyl (C=O) groups excluding carboxylic acids is 1. The Morgan fingerprint density at radius 1 is 1.37 bits per heavy atom. The van der Waals surface area contributed by atoms with Gasteiger partial charge in [-0.05, 0) is 25.0 Å². The molecule has 0 atom stereocenters. The van der Waals surface area contributed by atoms with Gasteiger partial charge < -0.3 is 20.1 Å². The highest BCUT2D eigenvalue weighted by atomic mass is 16.5. The summed E-state index contributed by atoms with van der Waals surface area (Å²) in [6.45, 7) is 0.925. The summed E-state index contributed by atoms with van der Waals surface area (Å²) in [6.07, 6.45) is 1.56. The number of nitrogens with zero attached hydrogens (tertiary/aromatic N) is 1. The van der Waals surface area contributed by atoms with Gasteiger partial charge in [-0.25, -0.2) is 0 Å². The van der Waals surface area contributed by atoms with Crippen LogP contribution in [0.4, 0.5) is 0 Å². The van der Waals surface area contributed by atoms with E-state index in [1.807, 2.05) is 24.3 Å². The lowest BCUT2D eigenvalue weighted by molar-refractivity contribution is -0.132. The van der Waals surface area contributed by atoms with Gasteiger partial charge in [-0.1, -0.05) is 12.1 Å². The Balaban J connectivity index is 1.81. The Kier molecular flexibility index (Phi) is 3.95. The van der Waals surface area contributed by atoms with Crippen LogP contribution in [-0.4, -0.2) is 43.7 Å². The second-order valence-corrected chi connectivity index (χ2v) is 4.88. The average Bonchev–Trinajstić information content (AvgIpc) is 3.17. The molecule has 104 valence electrons. The number of nitrogens with two attached hydrogens (primary N) is 1. The molecule has 19 heavy (non-hydrogen) atoms. The minimum atomic E-state index is -0.612. The van der Waals surface area contributed by atoms with Gasteiger partial charge in [0.05, 0.1) is 19.2 Å². The topological polar surface area (TPSA) is 64.8 Å². The maximum Gasteiger partial charge on any atom is 0.242 e. The summed E-state index contributed by atoms with van der Waals surface area (Å²) in [4.78, 5) is 13.5. The number of hydrogen-bond acceptors (Lipinski definition) is 4. The minimum absolute atomic E-state index is 0.00359. The van der Waals surface area contributed by atoms with Gasteiger partial charge in [0.2, 0.25) is 5.91 Å². The fourth-order valence-electron chi connectivity index (χ4n) is 1.86. The van der Waals surface area contributed by atoms with E-state index in [9.17, 15) is 4.79 Å². The van der Waals surface area contributed by atoms with Gasteiger partial charge in [0.1, 0.15) is 6.61 Å².